The van der Waals surface area contributed by atoms with Gasteiger partial charge in [0, 0.05) is 56.7 Å². The van der Waals surface area contributed by atoms with Crippen molar-refractivity contribution in [3.63, 3.8) is 0 Å². The number of aromatic amines is 1. The topological polar surface area (TPSA) is 105 Å². The zero-order valence-electron chi connectivity index (χ0n) is 15.9. The predicted molar refractivity (Wildman–Crippen MR) is 100 cm³/mol. The van der Waals surface area contributed by atoms with Crippen LogP contribution in [0.5, 0.6) is 0 Å². The number of H-pyrrole nitrogens is 1. The van der Waals surface area contributed by atoms with Crippen LogP contribution in [0.1, 0.15) is 41.0 Å². The van der Waals surface area contributed by atoms with Crippen molar-refractivity contribution in [2.75, 3.05) is 26.3 Å². The highest BCUT2D eigenvalue weighted by Crippen LogP contribution is 2.24. The third-order valence-corrected chi connectivity index (χ3v) is 5.47. The van der Waals surface area contributed by atoms with E-state index in [0.717, 1.165) is 37.1 Å². The number of aromatic nitrogens is 4. The van der Waals surface area contributed by atoms with E-state index in [1.54, 1.807) is 12.5 Å². The van der Waals surface area contributed by atoms with Crippen molar-refractivity contribution in [1.82, 2.24) is 30.0 Å². The number of rotatable bonds is 6. The molecule has 2 aliphatic heterocycles. The summed E-state index contributed by atoms with van der Waals surface area (Å²) in [5.74, 6) is 0.0814. The van der Waals surface area contributed by atoms with Crippen LogP contribution in [0.15, 0.2) is 18.7 Å². The van der Waals surface area contributed by atoms with Gasteiger partial charge in [-0.15, -0.1) is 0 Å². The molecule has 2 aromatic heterocycles. The van der Waals surface area contributed by atoms with Crippen LogP contribution in [0.25, 0.3) is 0 Å². The van der Waals surface area contributed by atoms with E-state index >= 15 is 0 Å². The van der Waals surface area contributed by atoms with Crippen LogP contribution >= 0.6 is 0 Å². The Labute approximate surface area is 163 Å². The average molecular weight is 386 g/mol. The van der Waals surface area contributed by atoms with E-state index in [1.807, 2.05) is 15.7 Å². The Morgan fingerprint density at radius 2 is 2.18 bits per heavy atom. The molecule has 0 aliphatic carbocycles. The minimum absolute atomic E-state index is 0.0523. The summed E-state index contributed by atoms with van der Waals surface area (Å²) in [6.45, 7) is 3.82. The van der Waals surface area contributed by atoms with Gasteiger partial charge in [0.2, 0.25) is 5.91 Å². The maximum atomic E-state index is 12.7. The highest BCUT2D eigenvalue weighted by Gasteiger charge is 2.31. The summed E-state index contributed by atoms with van der Waals surface area (Å²) in [6, 6.07) is 0. The fourth-order valence-electron chi connectivity index (χ4n) is 3.86. The lowest BCUT2D eigenvalue weighted by Gasteiger charge is -2.31. The van der Waals surface area contributed by atoms with Crippen LogP contribution < -0.4 is 5.32 Å². The molecular weight excluding hydrogens is 360 g/mol. The van der Waals surface area contributed by atoms with Crippen molar-refractivity contribution < 1.29 is 14.3 Å². The SMILES string of the molecule is O=C(NCCCn1ccnc1)c1n[nH]c2c1CCN(C(=O)C1CCOCC1)C2. The van der Waals surface area contributed by atoms with Crippen molar-refractivity contribution in [2.24, 2.45) is 5.92 Å². The first-order valence-electron chi connectivity index (χ1n) is 9.89. The van der Waals surface area contributed by atoms with E-state index in [4.69, 9.17) is 4.74 Å². The molecule has 0 bridgehead atoms. The molecule has 2 aliphatic rings. The molecule has 2 amide bonds. The first-order chi connectivity index (χ1) is 13.7. The molecule has 0 aromatic carbocycles. The van der Waals surface area contributed by atoms with E-state index in [0.29, 0.717) is 45.0 Å². The van der Waals surface area contributed by atoms with Crippen LogP contribution in [-0.2, 0) is 29.0 Å². The van der Waals surface area contributed by atoms with Gasteiger partial charge in [-0.05, 0) is 25.7 Å². The minimum atomic E-state index is -0.160. The standard InChI is InChI=1S/C19H26N6O3/c26-18(21-5-1-7-24-9-6-20-13-24)17-15-2-8-25(12-16(15)22-23-17)19(27)14-3-10-28-11-4-14/h6,9,13-14H,1-5,7-8,10-12H2,(H,21,26)(H,22,23). The zero-order valence-corrected chi connectivity index (χ0v) is 15.9. The molecule has 0 radical (unpaired) electrons. The molecule has 150 valence electrons. The highest BCUT2D eigenvalue weighted by atomic mass is 16.5. The smallest absolute Gasteiger partial charge is 0.272 e. The van der Waals surface area contributed by atoms with E-state index < -0.39 is 0 Å². The van der Waals surface area contributed by atoms with Gasteiger partial charge in [-0.3, -0.25) is 14.7 Å². The molecule has 9 nitrogen and oxygen atoms in total. The molecule has 2 aromatic rings. The van der Waals surface area contributed by atoms with Gasteiger partial charge in [0.15, 0.2) is 5.69 Å². The minimum Gasteiger partial charge on any atom is -0.381 e. The molecule has 1 fully saturated rings. The van der Waals surface area contributed by atoms with Gasteiger partial charge in [-0.1, -0.05) is 0 Å². The molecular formula is C19H26N6O3. The summed E-state index contributed by atoms with van der Waals surface area (Å²) in [4.78, 5) is 31.1. The Bertz CT molecular complexity index is 810. The van der Waals surface area contributed by atoms with Crippen LogP contribution in [0.3, 0.4) is 0 Å². The lowest BCUT2D eigenvalue weighted by molar-refractivity contribution is -0.139. The highest BCUT2D eigenvalue weighted by molar-refractivity contribution is 5.94. The molecule has 0 spiro atoms. The lowest BCUT2D eigenvalue weighted by Crippen LogP contribution is -2.41. The molecule has 0 saturated carbocycles. The Kier molecular flexibility index (Phi) is 5.70. The molecule has 9 heteroatoms. The number of fused-ring (bicyclic) bond motifs is 1. The summed E-state index contributed by atoms with van der Waals surface area (Å²) in [6.07, 6.45) is 8.46. The third kappa shape index (κ3) is 4.09. The van der Waals surface area contributed by atoms with E-state index in [2.05, 4.69) is 20.5 Å². The number of hydrogen-bond donors (Lipinski definition) is 2. The van der Waals surface area contributed by atoms with Crippen LogP contribution in [0.2, 0.25) is 0 Å². The first kappa shape index (κ1) is 18.7. The first-order valence-corrected chi connectivity index (χ1v) is 9.89. The van der Waals surface area contributed by atoms with Gasteiger partial charge in [0.25, 0.3) is 5.91 Å². The lowest BCUT2D eigenvalue weighted by atomic mass is 9.96. The van der Waals surface area contributed by atoms with Crippen molar-refractivity contribution in [3.8, 4) is 0 Å². The number of hydrogen-bond acceptors (Lipinski definition) is 5. The molecule has 0 unspecified atom stereocenters. The van der Waals surface area contributed by atoms with Crippen molar-refractivity contribution in [1.29, 1.82) is 0 Å². The molecule has 28 heavy (non-hydrogen) atoms. The van der Waals surface area contributed by atoms with Gasteiger partial charge in [0.1, 0.15) is 0 Å². The summed E-state index contributed by atoms with van der Waals surface area (Å²) in [5.41, 5.74) is 2.26. The van der Waals surface area contributed by atoms with Crippen molar-refractivity contribution in [2.45, 2.75) is 38.8 Å². The number of amides is 2. The number of ether oxygens (including phenoxy) is 1. The molecule has 2 N–H and O–H groups in total. The monoisotopic (exact) mass is 386 g/mol. The Morgan fingerprint density at radius 3 is 2.96 bits per heavy atom. The second-order valence-electron chi connectivity index (χ2n) is 7.34. The number of imidazole rings is 1. The number of nitrogens with one attached hydrogen (secondary N) is 2. The summed E-state index contributed by atoms with van der Waals surface area (Å²) in [7, 11) is 0. The third-order valence-electron chi connectivity index (χ3n) is 5.47. The maximum absolute atomic E-state index is 12.7. The normalized spacial score (nSPS) is 17.4. The Morgan fingerprint density at radius 1 is 1.32 bits per heavy atom. The van der Waals surface area contributed by atoms with Crippen molar-refractivity contribution in [3.05, 3.63) is 35.7 Å². The largest absolute Gasteiger partial charge is 0.381 e. The molecule has 0 atom stereocenters. The Balaban J connectivity index is 1.30. The van der Waals surface area contributed by atoms with Gasteiger partial charge in [-0.2, -0.15) is 5.10 Å². The van der Waals surface area contributed by atoms with E-state index in [-0.39, 0.29) is 17.7 Å². The fraction of sp³-hybridized carbons (Fsp3) is 0.579. The summed E-state index contributed by atoms with van der Waals surface area (Å²) >= 11 is 0. The van der Waals surface area contributed by atoms with Crippen LogP contribution in [0, 0.1) is 5.92 Å². The van der Waals surface area contributed by atoms with Gasteiger partial charge in [-0.25, -0.2) is 4.98 Å². The molecule has 4 rings (SSSR count). The van der Waals surface area contributed by atoms with Crippen LogP contribution in [0.4, 0.5) is 0 Å². The van der Waals surface area contributed by atoms with Gasteiger partial charge in [0.05, 0.1) is 18.6 Å². The van der Waals surface area contributed by atoms with E-state index in [1.165, 1.54) is 0 Å². The van der Waals surface area contributed by atoms with E-state index in [9.17, 15) is 9.59 Å². The number of nitrogens with zero attached hydrogens (tertiary/aromatic N) is 4. The number of aryl methyl sites for hydroxylation is 1. The van der Waals surface area contributed by atoms with Gasteiger partial charge < -0.3 is 19.5 Å². The zero-order chi connectivity index (χ0) is 19.3. The molecule has 4 heterocycles. The maximum Gasteiger partial charge on any atom is 0.272 e. The predicted octanol–water partition coefficient (Wildman–Crippen LogP) is 0.738. The van der Waals surface area contributed by atoms with Gasteiger partial charge >= 0.3 is 0 Å². The number of carbonyl (C=O) groups is 2. The quantitative estimate of drug-likeness (QED) is 0.713. The Hall–Kier alpha value is -2.68. The second-order valence-corrected chi connectivity index (χ2v) is 7.34. The summed E-state index contributed by atoms with van der Waals surface area (Å²) in [5, 5.41) is 10.1. The van der Waals surface area contributed by atoms with Crippen molar-refractivity contribution >= 4 is 11.8 Å². The second kappa shape index (κ2) is 8.55. The number of carbonyl (C=O) groups excluding carboxylic acids is 2. The molecule has 1 saturated heterocycles. The average Bonchev–Trinajstić information content (AvgIpc) is 3.40. The fourth-order valence-corrected chi connectivity index (χ4v) is 3.86. The summed E-state index contributed by atoms with van der Waals surface area (Å²) < 4.78 is 7.33. The van der Waals surface area contributed by atoms with Crippen LogP contribution in [-0.4, -0.2) is 62.8 Å².